The first-order valence-electron chi connectivity index (χ1n) is 5.40. The summed E-state index contributed by atoms with van der Waals surface area (Å²) in [6, 6.07) is 0. The van der Waals surface area contributed by atoms with Crippen LogP contribution in [-0.2, 0) is 4.74 Å². The Morgan fingerprint density at radius 3 is 2.73 bits per heavy atom. The van der Waals surface area contributed by atoms with Gasteiger partial charge in [-0.2, -0.15) is 0 Å². The van der Waals surface area contributed by atoms with E-state index in [2.05, 4.69) is 22.6 Å². The monoisotopic (exact) mass is 323 g/mol. The van der Waals surface area contributed by atoms with Crippen molar-refractivity contribution in [2.24, 2.45) is 11.3 Å². The van der Waals surface area contributed by atoms with E-state index in [1.165, 1.54) is 6.42 Å². The van der Waals surface area contributed by atoms with Gasteiger partial charge >= 0.3 is 6.09 Å². The molecule has 0 bridgehead atoms. The highest BCUT2D eigenvalue weighted by atomic mass is 127. The van der Waals surface area contributed by atoms with Gasteiger partial charge in [0.25, 0.3) is 0 Å². The second-order valence-electron chi connectivity index (χ2n) is 5.76. The number of piperidine rings is 1. The summed E-state index contributed by atoms with van der Waals surface area (Å²) in [7, 11) is 0. The van der Waals surface area contributed by atoms with E-state index in [0.717, 1.165) is 23.4 Å². The first kappa shape index (κ1) is 11.5. The van der Waals surface area contributed by atoms with E-state index in [0.29, 0.717) is 5.41 Å². The lowest BCUT2D eigenvalue weighted by Gasteiger charge is -2.26. The average molecular weight is 323 g/mol. The van der Waals surface area contributed by atoms with E-state index in [1.807, 2.05) is 25.7 Å². The second kappa shape index (κ2) is 3.50. The lowest BCUT2D eigenvalue weighted by atomic mass is 10.1. The molecule has 4 heteroatoms. The van der Waals surface area contributed by atoms with Gasteiger partial charge in [-0.25, -0.2) is 4.79 Å². The Balaban J connectivity index is 1.90. The minimum atomic E-state index is -0.374. The van der Waals surface area contributed by atoms with Crippen LogP contribution in [0.3, 0.4) is 0 Å². The highest BCUT2D eigenvalue weighted by molar-refractivity contribution is 14.1. The second-order valence-corrected chi connectivity index (χ2v) is 6.52. The van der Waals surface area contributed by atoms with Crippen LogP contribution >= 0.6 is 22.6 Å². The number of carbonyl (C=O) groups excluding carboxylic acids is 1. The number of fused-ring (bicyclic) bond motifs is 1. The fourth-order valence-corrected chi connectivity index (χ4v) is 3.44. The Morgan fingerprint density at radius 1 is 1.60 bits per heavy atom. The van der Waals surface area contributed by atoms with Crippen molar-refractivity contribution in [3.8, 4) is 0 Å². The molecule has 0 radical (unpaired) electrons. The van der Waals surface area contributed by atoms with Crippen LogP contribution in [-0.4, -0.2) is 34.1 Å². The SMILES string of the molecule is CC(C)(C)OC(=O)N1CC2C[C@]2(CI)C1. The highest BCUT2D eigenvalue weighted by Crippen LogP contribution is 2.58. The number of ether oxygens (including phenoxy) is 1. The maximum atomic E-state index is 11.8. The first-order valence-corrected chi connectivity index (χ1v) is 6.93. The average Bonchev–Trinajstić information content (AvgIpc) is 2.66. The van der Waals surface area contributed by atoms with Crippen molar-refractivity contribution in [3.63, 3.8) is 0 Å². The zero-order valence-corrected chi connectivity index (χ0v) is 11.7. The third-order valence-corrected chi connectivity index (χ3v) is 4.74. The Labute approximate surface area is 105 Å². The summed E-state index contributed by atoms with van der Waals surface area (Å²) in [5.41, 5.74) is 0.0683. The number of likely N-dealkylation sites (tertiary alicyclic amines) is 1. The summed E-state index contributed by atoms with van der Waals surface area (Å²) >= 11 is 2.43. The predicted molar refractivity (Wildman–Crippen MR) is 67.2 cm³/mol. The number of rotatable bonds is 1. The van der Waals surface area contributed by atoms with Crippen molar-refractivity contribution in [2.45, 2.75) is 32.8 Å². The van der Waals surface area contributed by atoms with Crippen LogP contribution in [0.1, 0.15) is 27.2 Å². The third kappa shape index (κ3) is 2.24. The standard InChI is InChI=1S/C11H18INO2/c1-10(2,3)15-9(14)13-5-8-4-11(8,6-12)7-13/h8H,4-7H2,1-3H3/t8?,11-/m0/s1. The van der Waals surface area contributed by atoms with E-state index >= 15 is 0 Å². The topological polar surface area (TPSA) is 29.5 Å². The zero-order chi connectivity index (χ0) is 11.3. The molecule has 0 aromatic heterocycles. The summed E-state index contributed by atoms with van der Waals surface area (Å²) in [6.45, 7) is 7.54. The van der Waals surface area contributed by atoms with Crippen molar-refractivity contribution in [1.29, 1.82) is 0 Å². The van der Waals surface area contributed by atoms with Gasteiger partial charge in [0.05, 0.1) is 0 Å². The minimum Gasteiger partial charge on any atom is -0.444 e. The van der Waals surface area contributed by atoms with Crippen LogP contribution in [0.4, 0.5) is 4.79 Å². The van der Waals surface area contributed by atoms with Gasteiger partial charge in [-0.15, -0.1) is 0 Å². The molecular formula is C11H18INO2. The Bertz CT molecular complexity index is 283. The minimum absolute atomic E-state index is 0.140. The Hall–Kier alpha value is 0. The van der Waals surface area contributed by atoms with Gasteiger partial charge in [-0.3, -0.25) is 0 Å². The maximum Gasteiger partial charge on any atom is 0.410 e. The summed E-state index contributed by atoms with van der Waals surface area (Å²) in [6.07, 6.45) is 1.16. The molecule has 2 fully saturated rings. The summed E-state index contributed by atoms with van der Waals surface area (Å²) < 4.78 is 6.53. The maximum absolute atomic E-state index is 11.8. The number of amides is 1. The Morgan fingerprint density at radius 2 is 2.27 bits per heavy atom. The lowest BCUT2D eigenvalue weighted by molar-refractivity contribution is 0.0265. The van der Waals surface area contributed by atoms with Gasteiger partial charge in [-0.05, 0) is 33.1 Å². The highest BCUT2D eigenvalue weighted by Gasteiger charge is 2.60. The van der Waals surface area contributed by atoms with Crippen LogP contribution in [0.2, 0.25) is 0 Å². The van der Waals surface area contributed by atoms with Crippen LogP contribution in [0, 0.1) is 11.3 Å². The normalized spacial score (nSPS) is 33.9. The van der Waals surface area contributed by atoms with Gasteiger partial charge < -0.3 is 9.64 Å². The number of alkyl halides is 1. The van der Waals surface area contributed by atoms with Gasteiger partial charge in [-0.1, -0.05) is 22.6 Å². The van der Waals surface area contributed by atoms with Gasteiger partial charge in [0.15, 0.2) is 0 Å². The van der Waals surface area contributed by atoms with Crippen molar-refractivity contribution >= 4 is 28.7 Å². The molecule has 1 amide bonds. The van der Waals surface area contributed by atoms with Crippen molar-refractivity contribution < 1.29 is 9.53 Å². The van der Waals surface area contributed by atoms with Crippen LogP contribution in [0.15, 0.2) is 0 Å². The van der Waals surface area contributed by atoms with Crippen molar-refractivity contribution in [2.75, 3.05) is 17.5 Å². The van der Waals surface area contributed by atoms with Gasteiger partial charge in [0.1, 0.15) is 5.60 Å². The number of hydrogen-bond acceptors (Lipinski definition) is 2. The molecule has 0 aromatic rings. The van der Waals surface area contributed by atoms with E-state index in [-0.39, 0.29) is 11.7 Å². The molecule has 1 heterocycles. The molecule has 2 atom stereocenters. The fraction of sp³-hybridized carbons (Fsp3) is 0.909. The molecule has 1 aliphatic carbocycles. The number of halogens is 1. The lowest BCUT2D eigenvalue weighted by Crippen LogP contribution is -2.37. The van der Waals surface area contributed by atoms with E-state index in [9.17, 15) is 4.79 Å². The molecule has 15 heavy (non-hydrogen) atoms. The summed E-state index contributed by atoms with van der Waals surface area (Å²) in [5.74, 6) is 0.738. The molecular weight excluding hydrogens is 305 g/mol. The van der Waals surface area contributed by atoms with E-state index < -0.39 is 0 Å². The number of hydrogen-bond donors (Lipinski definition) is 0. The van der Waals surface area contributed by atoms with E-state index in [4.69, 9.17) is 4.74 Å². The molecule has 1 saturated carbocycles. The van der Waals surface area contributed by atoms with Crippen molar-refractivity contribution in [1.82, 2.24) is 4.90 Å². The third-order valence-electron chi connectivity index (χ3n) is 3.22. The fourth-order valence-electron chi connectivity index (χ4n) is 2.27. The van der Waals surface area contributed by atoms with Gasteiger partial charge in [0, 0.05) is 22.9 Å². The molecule has 0 aromatic carbocycles. The molecule has 86 valence electrons. The number of carbonyl (C=O) groups is 1. The van der Waals surface area contributed by atoms with Crippen LogP contribution < -0.4 is 0 Å². The molecule has 1 aliphatic heterocycles. The Kier molecular flexibility index (Phi) is 2.68. The molecule has 2 rings (SSSR count). The summed E-state index contributed by atoms with van der Waals surface area (Å²) in [4.78, 5) is 13.7. The molecule has 1 saturated heterocycles. The van der Waals surface area contributed by atoms with Crippen LogP contribution in [0.25, 0.3) is 0 Å². The molecule has 0 N–H and O–H groups in total. The molecule has 1 unspecified atom stereocenters. The molecule has 2 aliphatic rings. The largest absolute Gasteiger partial charge is 0.444 e. The van der Waals surface area contributed by atoms with Crippen molar-refractivity contribution in [3.05, 3.63) is 0 Å². The van der Waals surface area contributed by atoms with Crippen LogP contribution in [0.5, 0.6) is 0 Å². The number of nitrogens with zero attached hydrogens (tertiary/aromatic N) is 1. The molecule has 3 nitrogen and oxygen atoms in total. The predicted octanol–water partition coefficient (Wildman–Crippen LogP) is 2.68. The molecule has 0 spiro atoms. The smallest absolute Gasteiger partial charge is 0.410 e. The van der Waals surface area contributed by atoms with Gasteiger partial charge in [0.2, 0.25) is 0 Å². The van der Waals surface area contributed by atoms with E-state index in [1.54, 1.807) is 0 Å². The zero-order valence-electron chi connectivity index (χ0n) is 9.55. The quantitative estimate of drug-likeness (QED) is 0.548. The summed E-state index contributed by atoms with van der Waals surface area (Å²) in [5, 5.41) is 0. The first-order chi connectivity index (χ1) is 6.86.